The summed E-state index contributed by atoms with van der Waals surface area (Å²) in [6, 6.07) is 48.5. The molecule has 7 rings (SSSR count). The predicted molar refractivity (Wildman–Crippen MR) is 325 cm³/mol. The highest BCUT2D eigenvalue weighted by Crippen LogP contribution is 2.53. The van der Waals surface area contributed by atoms with Gasteiger partial charge in [0.15, 0.2) is 0 Å². The third-order valence-corrected chi connectivity index (χ3v) is 17.0. The maximum atomic E-state index is 2.66. The van der Waals surface area contributed by atoms with Gasteiger partial charge in [-0.05, 0) is 125 Å². The molecule has 0 aromatic heterocycles. The average Bonchev–Trinajstić information content (AvgIpc) is 3.24. The van der Waals surface area contributed by atoms with Crippen molar-refractivity contribution in [1.82, 2.24) is 0 Å². The number of nitrogens with zero attached hydrogens (tertiary/aromatic N) is 2. The van der Waals surface area contributed by atoms with E-state index in [9.17, 15) is 0 Å². The molecule has 0 N–H and O–H groups in total. The van der Waals surface area contributed by atoms with Gasteiger partial charge in [0.1, 0.15) is 0 Å². The van der Waals surface area contributed by atoms with Gasteiger partial charge in [-0.2, -0.15) is 0 Å². The molecule has 0 heterocycles. The number of anilines is 6. The summed E-state index contributed by atoms with van der Waals surface area (Å²) in [4.78, 5) is 5.31. The maximum absolute atomic E-state index is 2.66. The number of fused-ring (bicyclic) bond motifs is 2. The van der Waals surface area contributed by atoms with E-state index in [4.69, 9.17) is 0 Å². The number of rotatable bonds is 7. The monoisotopic (exact) mass is 977 g/mol. The molecule has 382 valence electrons. The van der Waals surface area contributed by atoms with Crippen LogP contribution in [0.3, 0.4) is 0 Å². The Morgan fingerprint density at radius 3 is 0.653 bits per heavy atom. The molecule has 0 radical (unpaired) electrons. The highest BCUT2D eigenvalue weighted by Gasteiger charge is 2.33. The third kappa shape index (κ3) is 11.3. The molecule has 0 aliphatic heterocycles. The van der Waals surface area contributed by atoms with Crippen LogP contribution in [0.15, 0.2) is 121 Å². The topological polar surface area (TPSA) is 6.48 Å². The van der Waals surface area contributed by atoms with Crippen molar-refractivity contribution in [2.45, 2.75) is 203 Å². The summed E-state index contributed by atoms with van der Waals surface area (Å²) >= 11 is 0. The van der Waals surface area contributed by atoms with Gasteiger partial charge in [0.25, 0.3) is 0 Å². The molecule has 2 nitrogen and oxygen atoms in total. The van der Waals surface area contributed by atoms with Gasteiger partial charge in [0, 0.05) is 44.3 Å². The number of hydrogen-bond acceptors (Lipinski definition) is 2. The van der Waals surface area contributed by atoms with E-state index in [2.05, 4.69) is 296 Å². The van der Waals surface area contributed by atoms with Crippen LogP contribution in [-0.2, 0) is 37.9 Å². The lowest BCUT2D eigenvalue weighted by atomic mass is 9.79. The van der Waals surface area contributed by atoms with Crippen molar-refractivity contribution in [3.63, 3.8) is 0 Å². The Labute approximate surface area is 439 Å². The Bertz CT molecular complexity index is 2590. The van der Waals surface area contributed by atoms with Gasteiger partial charge in [-0.1, -0.05) is 243 Å². The molecule has 0 unspecified atom stereocenters. The Kier molecular flexibility index (Phi) is 13.9. The van der Waals surface area contributed by atoms with Crippen molar-refractivity contribution >= 4 is 68.9 Å². The Morgan fingerprint density at radius 1 is 0.264 bits per heavy atom. The average molecular weight is 978 g/mol. The molecule has 7 aromatic carbocycles. The summed E-state index contributed by atoms with van der Waals surface area (Å²) in [5.74, 6) is 0. The van der Waals surface area contributed by atoms with Crippen LogP contribution >= 0.6 is 0 Å². The lowest BCUT2D eigenvalue weighted by molar-refractivity contribution is 0.567. The van der Waals surface area contributed by atoms with Crippen molar-refractivity contribution in [1.29, 1.82) is 0 Å². The van der Waals surface area contributed by atoms with E-state index >= 15 is 0 Å². The molecular weight excluding hydrogens is 885 g/mol. The number of benzene rings is 7. The van der Waals surface area contributed by atoms with Crippen LogP contribution in [0.25, 0.3) is 21.5 Å². The fourth-order valence-corrected chi connectivity index (χ4v) is 11.0. The van der Waals surface area contributed by atoms with E-state index in [1.54, 1.807) is 0 Å². The summed E-state index contributed by atoms with van der Waals surface area (Å²) in [5.41, 5.74) is 16.0. The third-order valence-electron chi connectivity index (χ3n) is 15.0. The Morgan fingerprint density at radius 2 is 0.458 bits per heavy atom. The molecule has 0 saturated carbocycles. The van der Waals surface area contributed by atoms with Crippen LogP contribution in [0, 0.1) is 0 Å². The first kappa shape index (κ1) is 54.6. The first-order valence-corrected chi connectivity index (χ1v) is 30.4. The lowest BCUT2D eigenvalue weighted by Crippen LogP contribution is -2.39. The van der Waals surface area contributed by atoms with E-state index in [1.165, 1.54) is 99.8 Å². The second-order valence-corrected chi connectivity index (χ2v) is 34.6. The first-order valence-electron chi connectivity index (χ1n) is 26.9. The van der Waals surface area contributed by atoms with Crippen LogP contribution in [-0.4, -0.2) is 8.07 Å². The van der Waals surface area contributed by atoms with Crippen LogP contribution in [0.5, 0.6) is 0 Å². The predicted octanol–water partition coefficient (Wildman–Crippen LogP) is 20.6. The molecule has 0 bridgehead atoms. The van der Waals surface area contributed by atoms with Crippen LogP contribution in [0.2, 0.25) is 19.6 Å². The summed E-state index contributed by atoms with van der Waals surface area (Å²) in [5, 5.41) is 6.34. The van der Waals surface area contributed by atoms with E-state index in [0.29, 0.717) is 0 Å². The Balaban J connectivity index is 1.76. The summed E-state index contributed by atoms with van der Waals surface area (Å²) < 4.78 is 0. The van der Waals surface area contributed by atoms with Gasteiger partial charge in [-0.25, -0.2) is 0 Å². The van der Waals surface area contributed by atoms with E-state index < -0.39 is 8.07 Å². The van der Waals surface area contributed by atoms with Gasteiger partial charge in [0.05, 0.1) is 19.4 Å². The van der Waals surface area contributed by atoms with Crippen molar-refractivity contribution in [3.8, 4) is 0 Å². The molecule has 72 heavy (non-hydrogen) atoms. The lowest BCUT2D eigenvalue weighted by Gasteiger charge is -2.37. The van der Waals surface area contributed by atoms with Crippen LogP contribution in [0.1, 0.15) is 184 Å². The molecule has 0 fully saturated rings. The van der Waals surface area contributed by atoms with Crippen molar-refractivity contribution in [2.75, 3.05) is 9.80 Å². The zero-order valence-electron chi connectivity index (χ0n) is 49.4. The fraction of sp³-hybridized carbons (Fsp3) is 0.449. The first-order chi connectivity index (χ1) is 32.7. The second kappa shape index (κ2) is 18.4. The minimum Gasteiger partial charge on any atom is -0.309 e. The minimum absolute atomic E-state index is 0.0601. The SMILES string of the molecule is CC(C)(C)c1cc(N(c2cc(C(C)(C)C)cc(C(C)(C)C)c2)c2c3ccccc3c(N(c3cc(C(C)(C)C)cc(C(C)(C)C)c3)c3cc(C(C)(C)C)cc([Si](C)(C)C)c3)c3ccccc23)cc(C(C)(C)C)c1. The summed E-state index contributed by atoms with van der Waals surface area (Å²) in [6.45, 7) is 57.1. The molecule has 7 aromatic rings. The normalized spacial score (nSPS) is 13.6. The smallest absolute Gasteiger partial charge is 0.0777 e. The molecule has 0 amide bonds. The number of hydrogen-bond donors (Lipinski definition) is 0. The highest BCUT2D eigenvalue weighted by atomic mass is 28.3. The van der Waals surface area contributed by atoms with E-state index in [0.717, 1.165) is 0 Å². The van der Waals surface area contributed by atoms with E-state index in [-0.39, 0.29) is 37.9 Å². The summed E-state index contributed by atoms with van der Waals surface area (Å²) in [6.07, 6.45) is 0. The van der Waals surface area contributed by atoms with Crippen molar-refractivity contribution in [2.24, 2.45) is 0 Å². The summed E-state index contributed by atoms with van der Waals surface area (Å²) in [7, 11) is -1.82. The molecule has 0 aliphatic rings. The molecule has 0 spiro atoms. The van der Waals surface area contributed by atoms with Crippen molar-refractivity contribution < 1.29 is 0 Å². The van der Waals surface area contributed by atoms with Gasteiger partial charge in [-0.15, -0.1) is 0 Å². The second-order valence-electron chi connectivity index (χ2n) is 29.5. The fourth-order valence-electron chi connectivity index (χ4n) is 9.80. The molecule has 0 saturated heterocycles. The zero-order chi connectivity index (χ0) is 53.7. The van der Waals surface area contributed by atoms with Crippen molar-refractivity contribution in [3.05, 3.63) is 160 Å². The van der Waals surface area contributed by atoms with E-state index in [1.807, 2.05) is 0 Å². The van der Waals surface area contributed by atoms with Gasteiger partial charge >= 0.3 is 0 Å². The van der Waals surface area contributed by atoms with Gasteiger partial charge in [0.2, 0.25) is 0 Å². The molecule has 0 aliphatic carbocycles. The minimum atomic E-state index is -1.82. The zero-order valence-corrected chi connectivity index (χ0v) is 50.4. The van der Waals surface area contributed by atoms with Gasteiger partial charge in [-0.3, -0.25) is 0 Å². The molecule has 3 heteroatoms. The Hall–Kier alpha value is -5.12. The molecular formula is C69H92N2Si. The van der Waals surface area contributed by atoms with Crippen LogP contribution < -0.4 is 15.0 Å². The largest absolute Gasteiger partial charge is 0.309 e. The van der Waals surface area contributed by atoms with Gasteiger partial charge < -0.3 is 9.80 Å². The highest BCUT2D eigenvalue weighted by molar-refractivity contribution is 6.88. The molecule has 0 atom stereocenters. The maximum Gasteiger partial charge on any atom is 0.0777 e. The standard InChI is InChI=1S/C69H92N2Si/c1-63(2,3)45-33-46(64(4,5)6)37-52(36-45)70(53-38-47(65(7,8)9)34-48(39-53)66(10,11)12)61-57-29-25-27-31-59(57)62(60-32-28-26-30-58(60)61)71(54-40-49(67(13,14)15)35-50(41-54)68(16,17)18)55-42-51(69(19,20)21)43-56(44-55)72(22,23)24/h25-44H,1-24H3. The van der Waals surface area contributed by atoms with Crippen LogP contribution in [0.4, 0.5) is 34.1 Å². The quantitative estimate of drug-likeness (QED) is 0.0892.